The summed E-state index contributed by atoms with van der Waals surface area (Å²) < 4.78 is 1.12. The SMILES string of the molecule is CN(Cc1ccccc1Br)C(C)(C)CO. The second-order valence-electron chi connectivity index (χ2n) is 4.42. The van der Waals surface area contributed by atoms with Gasteiger partial charge in [0.1, 0.15) is 0 Å². The zero-order valence-electron chi connectivity index (χ0n) is 9.50. The zero-order valence-corrected chi connectivity index (χ0v) is 11.1. The van der Waals surface area contributed by atoms with Gasteiger partial charge < -0.3 is 5.11 Å². The molecule has 0 radical (unpaired) electrons. The number of nitrogens with zero attached hydrogens (tertiary/aromatic N) is 1. The van der Waals surface area contributed by atoms with Crippen molar-refractivity contribution in [1.82, 2.24) is 4.90 Å². The van der Waals surface area contributed by atoms with Gasteiger partial charge in [0.05, 0.1) is 6.61 Å². The lowest BCUT2D eigenvalue weighted by atomic mass is 10.0. The minimum Gasteiger partial charge on any atom is -0.394 e. The van der Waals surface area contributed by atoms with Crippen molar-refractivity contribution in [2.45, 2.75) is 25.9 Å². The van der Waals surface area contributed by atoms with Crippen molar-refractivity contribution in [3.8, 4) is 0 Å². The summed E-state index contributed by atoms with van der Waals surface area (Å²) in [6, 6.07) is 8.16. The molecule has 1 aromatic rings. The summed E-state index contributed by atoms with van der Waals surface area (Å²) in [6.45, 7) is 5.05. The summed E-state index contributed by atoms with van der Waals surface area (Å²) in [5, 5.41) is 9.26. The highest BCUT2D eigenvalue weighted by molar-refractivity contribution is 9.10. The first-order valence-corrected chi connectivity index (χ1v) is 5.82. The number of benzene rings is 1. The van der Waals surface area contributed by atoms with Gasteiger partial charge >= 0.3 is 0 Å². The van der Waals surface area contributed by atoms with Gasteiger partial charge in [0.25, 0.3) is 0 Å². The molecule has 0 unspecified atom stereocenters. The van der Waals surface area contributed by atoms with Gasteiger partial charge in [-0.15, -0.1) is 0 Å². The van der Waals surface area contributed by atoms with Crippen molar-refractivity contribution in [2.24, 2.45) is 0 Å². The summed E-state index contributed by atoms with van der Waals surface area (Å²) in [6.07, 6.45) is 0. The fourth-order valence-electron chi connectivity index (χ4n) is 1.22. The van der Waals surface area contributed by atoms with E-state index in [0.717, 1.165) is 11.0 Å². The Morgan fingerprint density at radius 1 is 1.33 bits per heavy atom. The van der Waals surface area contributed by atoms with E-state index in [4.69, 9.17) is 0 Å². The first kappa shape index (κ1) is 12.7. The number of hydrogen-bond acceptors (Lipinski definition) is 2. The Hall–Kier alpha value is -0.380. The molecular weight excluding hydrogens is 254 g/mol. The van der Waals surface area contributed by atoms with Gasteiger partial charge in [-0.05, 0) is 32.5 Å². The lowest BCUT2D eigenvalue weighted by Crippen LogP contribution is -2.43. The number of halogens is 1. The van der Waals surface area contributed by atoms with Crippen LogP contribution in [0.15, 0.2) is 28.7 Å². The summed E-state index contributed by atoms with van der Waals surface area (Å²) in [5.74, 6) is 0. The highest BCUT2D eigenvalue weighted by atomic mass is 79.9. The first-order chi connectivity index (χ1) is 6.97. The molecule has 0 aliphatic carbocycles. The average molecular weight is 272 g/mol. The van der Waals surface area contributed by atoms with E-state index >= 15 is 0 Å². The molecule has 0 bridgehead atoms. The summed E-state index contributed by atoms with van der Waals surface area (Å²) in [7, 11) is 2.02. The van der Waals surface area contributed by atoms with Gasteiger partial charge in [-0.3, -0.25) is 4.90 Å². The average Bonchev–Trinajstić information content (AvgIpc) is 2.21. The quantitative estimate of drug-likeness (QED) is 0.910. The molecule has 0 saturated carbocycles. The molecule has 84 valence electrons. The van der Waals surface area contributed by atoms with E-state index in [9.17, 15) is 5.11 Å². The topological polar surface area (TPSA) is 23.5 Å². The third-order valence-corrected chi connectivity index (χ3v) is 3.56. The molecule has 0 saturated heterocycles. The maximum Gasteiger partial charge on any atom is 0.0610 e. The number of hydrogen-bond donors (Lipinski definition) is 1. The van der Waals surface area contributed by atoms with Crippen LogP contribution in [0.1, 0.15) is 19.4 Å². The maximum absolute atomic E-state index is 9.26. The highest BCUT2D eigenvalue weighted by Gasteiger charge is 2.22. The molecule has 0 aliphatic heterocycles. The summed E-state index contributed by atoms with van der Waals surface area (Å²) in [5.41, 5.74) is 1.05. The number of rotatable bonds is 4. The van der Waals surface area contributed by atoms with Crippen molar-refractivity contribution < 1.29 is 5.11 Å². The second kappa shape index (κ2) is 5.10. The van der Waals surface area contributed by atoms with E-state index in [1.807, 2.05) is 39.1 Å². The summed E-state index contributed by atoms with van der Waals surface area (Å²) >= 11 is 3.52. The minimum absolute atomic E-state index is 0.161. The number of aliphatic hydroxyl groups excluding tert-OH is 1. The second-order valence-corrected chi connectivity index (χ2v) is 5.27. The number of likely N-dealkylation sites (N-methyl/N-ethyl adjacent to an activating group) is 1. The molecule has 0 atom stereocenters. The third kappa shape index (κ3) is 3.30. The van der Waals surface area contributed by atoms with E-state index < -0.39 is 0 Å². The Labute approximate surface area is 100 Å². The smallest absolute Gasteiger partial charge is 0.0610 e. The molecule has 1 rings (SSSR count). The molecule has 2 nitrogen and oxygen atoms in total. The van der Waals surface area contributed by atoms with Crippen LogP contribution in [-0.4, -0.2) is 29.2 Å². The molecule has 1 aromatic carbocycles. The van der Waals surface area contributed by atoms with Crippen LogP contribution in [0.4, 0.5) is 0 Å². The monoisotopic (exact) mass is 271 g/mol. The predicted octanol–water partition coefficient (Wildman–Crippen LogP) is 2.65. The van der Waals surface area contributed by atoms with Crippen molar-refractivity contribution in [3.05, 3.63) is 34.3 Å². The molecule has 0 amide bonds. The van der Waals surface area contributed by atoms with E-state index in [2.05, 4.69) is 26.9 Å². The van der Waals surface area contributed by atoms with Crippen molar-refractivity contribution >= 4 is 15.9 Å². The van der Waals surface area contributed by atoms with Gasteiger partial charge in [0.2, 0.25) is 0 Å². The first-order valence-electron chi connectivity index (χ1n) is 5.03. The van der Waals surface area contributed by atoms with Crippen LogP contribution in [0.25, 0.3) is 0 Å². The lowest BCUT2D eigenvalue weighted by molar-refractivity contribution is 0.0732. The maximum atomic E-state index is 9.26. The lowest BCUT2D eigenvalue weighted by Gasteiger charge is -2.34. The Balaban J connectivity index is 2.75. The molecular formula is C12H18BrNO. The van der Waals surface area contributed by atoms with E-state index in [-0.39, 0.29) is 12.1 Å². The third-order valence-electron chi connectivity index (χ3n) is 2.79. The molecule has 0 aromatic heterocycles. The Morgan fingerprint density at radius 3 is 2.47 bits per heavy atom. The molecule has 3 heteroatoms. The van der Waals surface area contributed by atoms with Crippen LogP contribution in [0.5, 0.6) is 0 Å². The van der Waals surface area contributed by atoms with Crippen molar-refractivity contribution in [3.63, 3.8) is 0 Å². The van der Waals surface area contributed by atoms with Crippen LogP contribution < -0.4 is 0 Å². The van der Waals surface area contributed by atoms with E-state index in [1.54, 1.807) is 0 Å². The normalized spacial score (nSPS) is 12.1. The minimum atomic E-state index is -0.185. The molecule has 0 spiro atoms. The van der Waals surface area contributed by atoms with Gasteiger partial charge in [0, 0.05) is 16.6 Å². The highest BCUT2D eigenvalue weighted by Crippen LogP contribution is 2.21. The van der Waals surface area contributed by atoms with Crippen molar-refractivity contribution in [2.75, 3.05) is 13.7 Å². The van der Waals surface area contributed by atoms with Gasteiger partial charge in [0.15, 0.2) is 0 Å². The fraction of sp³-hybridized carbons (Fsp3) is 0.500. The van der Waals surface area contributed by atoms with Crippen molar-refractivity contribution in [1.29, 1.82) is 0 Å². The molecule has 15 heavy (non-hydrogen) atoms. The van der Waals surface area contributed by atoms with Gasteiger partial charge in [-0.25, -0.2) is 0 Å². The predicted molar refractivity (Wildman–Crippen MR) is 66.8 cm³/mol. The fourth-order valence-corrected chi connectivity index (χ4v) is 1.63. The van der Waals surface area contributed by atoms with Crippen LogP contribution in [0, 0.1) is 0 Å². The summed E-state index contributed by atoms with van der Waals surface area (Å²) in [4.78, 5) is 2.15. The van der Waals surface area contributed by atoms with Crippen LogP contribution in [0.3, 0.4) is 0 Å². The van der Waals surface area contributed by atoms with Crippen LogP contribution in [0.2, 0.25) is 0 Å². The molecule has 0 fully saturated rings. The Kier molecular flexibility index (Phi) is 4.32. The van der Waals surface area contributed by atoms with Crippen LogP contribution >= 0.6 is 15.9 Å². The molecule has 0 heterocycles. The molecule has 0 aliphatic rings. The largest absolute Gasteiger partial charge is 0.394 e. The number of aliphatic hydroxyl groups is 1. The molecule has 1 N–H and O–H groups in total. The zero-order chi connectivity index (χ0) is 11.5. The Bertz CT molecular complexity index is 325. The van der Waals surface area contributed by atoms with E-state index in [1.165, 1.54) is 5.56 Å². The van der Waals surface area contributed by atoms with E-state index in [0.29, 0.717) is 0 Å². The standard InChI is InChI=1S/C12H18BrNO/c1-12(2,9-15)14(3)8-10-6-4-5-7-11(10)13/h4-7,15H,8-9H2,1-3H3. The van der Waals surface area contributed by atoms with Gasteiger partial charge in [-0.2, -0.15) is 0 Å². The van der Waals surface area contributed by atoms with Crippen LogP contribution in [-0.2, 0) is 6.54 Å². The van der Waals surface area contributed by atoms with Gasteiger partial charge in [-0.1, -0.05) is 34.1 Å². The Morgan fingerprint density at radius 2 is 1.93 bits per heavy atom.